The maximum atomic E-state index is 12.0. The van der Waals surface area contributed by atoms with Crippen LogP contribution in [-0.2, 0) is 25.5 Å². The van der Waals surface area contributed by atoms with E-state index < -0.39 is 5.79 Å². The summed E-state index contributed by atoms with van der Waals surface area (Å²) in [6, 6.07) is 9.98. The lowest BCUT2D eigenvalue weighted by Gasteiger charge is -2.35. The van der Waals surface area contributed by atoms with E-state index in [1.807, 2.05) is 49.1 Å². The molecule has 0 bridgehead atoms. The Kier molecular flexibility index (Phi) is 3.97. The highest BCUT2D eigenvalue weighted by atomic mass is 16.7. The van der Waals surface area contributed by atoms with Gasteiger partial charge in [0.25, 0.3) is 0 Å². The second kappa shape index (κ2) is 5.75. The van der Waals surface area contributed by atoms with E-state index in [4.69, 9.17) is 14.2 Å². The summed E-state index contributed by atoms with van der Waals surface area (Å²) in [6.07, 6.45) is -0.250. The van der Waals surface area contributed by atoms with Crippen LogP contribution in [0.15, 0.2) is 30.3 Å². The highest BCUT2D eigenvalue weighted by Gasteiger charge is 2.41. The average molecular weight is 291 g/mol. The van der Waals surface area contributed by atoms with Crippen molar-refractivity contribution in [2.75, 3.05) is 19.8 Å². The summed E-state index contributed by atoms with van der Waals surface area (Å²) >= 11 is 0. The summed E-state index contributed by atoms with van der Waals surface area (Å²) in [6.45, 7) is 5.54. The molecule has 0 spiro atoms. The molecule has 2 saturated heterocycles. The quantitative estimate of drug-likeness (QED) is 0.848. The van der Waals surface area contributed by atoms with Crippen molar-refractivity contribution in [2.24, 2.45) is 0 Å². The number of ether oxygens (including phenoxy) is 3. The predicted molar refractivity (Wildman–Crippen MR) is 76.5 cm³/mol. The second-order valence-corrected chi connectivity index (χ2v) is 5.98. The second-order valence-electron chi connectivity index (χ2n) is 5.98. The molecule has 0 aliphatic carbocycles. The molecule has 1 aromatic rings. The molecule has 0 aromatic heterocycles. The molecule has 1 amide bonds. The molecule has 3 rings (SSSR count). The largest absolute Gasteiger partial charge is 0.364 e. The van der Waals surface area contributed by atoms with Gasteiger partial charge in [0.2, 0.25) is 5.91 Å². The van der Waals surface area contributed by atoms with Crippen LogP contribution >= 0.6 is 0 Å². The standard InChI is InChI=1S/C16H21NO4/c1-16(2)20-10-14(21-16)13-9-17(15(18)11-19-13)8-12-6-4-3-5-7-12/h3-7,13-14H,8-11H2,1-2H3. The number of rotatable bonds is 3. The Hall–Kier alpha value is -1.43. The number of hydrogen-bond donors (Lipinski definition) is 0. The van der Waals surface area contributed by atoms with Crippen molar-refractivity contribution in [3.8, 4) is 0 Å². The van der Waals surface area contributed by atoms with Crippen molar-refractivity contribution in [3.63, 3.8) is 0 Å². The van der Waals surface area contributed by atoms with E-state index in [-0.39, 0.29) is 24.7 Å². The molecule has 2 fully saturated rings. The van der Waals surface area contributed by atoms with Gasteiger partial charge in [-0.2, -0.15) is 0 Å². The first-order valence-corrected chi connectivity index (χ1v) is 7.28. The van der Waals surface area contributed by atoms with Crippen molar-refractivity contribution >= 4 is 5.91 Å². The summed E-state index contributed by atoms with van der Waals surface area (Å²) in [5.74, 6) is -0.548. The summed E-state index contributed by atoms with van der Waals surface area (Å²) < 4.78 is 17.1. The predicted octanol–water partition coefficient (Wildman–Crippen LogP) is 1.57. The van der Waals surface area contributed by atoms with Gasteiger partial charge in [0.15, 0.2) is 5.79 Å². The Labute approximate surface area is 124 Å². The molecule has 5 heteroatoms. The Morgan fingerprint density at radius 3 is 2.67 bits per heavy atom. The molecule has 0 N–H and O–H groups in total. The van der Waals surface area contributed by atoms with Crippen LogP contribution in [0.25, 0.3) is 0 Å². The van der Waals surface area contributed by atoms with Gasteiger partial charge in [-0.25, -0.2) is 0 Å². The first-order valence-electron chi connectivity index (χ1n) is 7.28. The van der Waals surface area contributed by atoms with Gasteiger partial charge in [0, 0.05) is 13.1 Å². The van der Waals surface area contributed by atoms with Crippen molar-refractivity contribution in [1.29, 1.82) is 0 Å². The average Bonchev–Trinajstić information content (AvgIpc) is 2.83. The number of benzene rings is 1. The Bertz CT molecular complexity index is 502. The normalized spacial score (nSPS) is 28.9. The number of carbonyl (C=O) groups excluding carboxylic acids is 1. The van der Waals surface area contributed by atoms with Crippen LogP contribution in [0.2, 0.25) is 0 Å². The van der Waals surface area contributed by atoms with Gasteiger partial charge < -0.3 is 19.1 Å². The molecule has 2 unspecified atom stereocenters. The number of morpholine rings is 1. The van der Waals surface area contributed by atoms with E-state index in [1.165, 1.54) is 0 Å². The van der Waals surface area contributed by atoms with Crippen LogP contribution in [0.5, 0.6) is 0 Å². The maximum absolute atomic E-state index is 12.0. The van der Waals surface area contributed by atoms with Gasteiger partial charge in [-0.3, -0.25) is 4.79 Å². The number of carbonyl (C=O) groups is 1. The minimum absolute atomic E-state index is 0.0216. The molecule has 2 aliphatic heterocycles. The van der Waals surface area contributed by atoms with E-state index >= 15 is 0 Å². The molecule has 114 valence electrons. The third-order valence-electron chi connectivity index (χ3n) is 3.84. The lowest BCUT2D eigenvalue weighted by atomic mass is 10.1. The lowest BCUT2D eigenvalue weighted by Crippen LogP contribution is -2.51. The molecule has 2 atom stereocenters. The molecule has 2 aliphatic rings. The third kappa shape index (κ3) is 3.43. The SMILES string of the molecule is CC1(C)OCC(C2CN(Cc3ccccc3)C(=O)CO2)O1. The van der Waals surface area contributed by atoms with Gasteiger partial charge in [-0.05, 0) is 19.4 Å². The molecule has 2 heterocycles. The zero-order chi connectivity index (χ0) is 14.9. The first-order chi connectivity index (χ1) is 10.0. The van der Waals surface area contributed by atoms with Gasteiger partial charge in [0.05, 0.1) is 6.61 Å². The molecule has 0 radical (unpaired) electrons. The zero-order valence-corrected chi connectivity index (χ0v) is 12.5. The van der Waals surface area contributed by atoms with Crippen LogP contribution in [0, 0.1) is 0 Å². The Morgan fingerprint density at radius 2 is 2.00 bits per heavy atom. The van der Waals surface area contributed by atoms with Crippen molar-refractivity contribution in [1.82, 2.24) is 4.90 Å². The van der Waals surface area contributed by atoms with E-state index in [0.29, 0.717) is 19.7 Å². The topological polar surface area (TPSA) is 48.0 Å². The molecular formula is C16H21NO4. The summed E-state index contributed by atoms with van der Waals surface area (Å²) in [7, 11) is 0. The van der Waals surface area contributed by atoms with Crippen LogP contribution in [0.3, 0.4) is 0 Å². The van der Waals surface area contributed by atoms with E-state index in [0.717, 1.165) is 5.56 Å². The Morgan fingerprint density at radius 1 is 1.24 bits per heavy atom. The van der Waals surface area contributed by atoms with Crippen molar-refractivity contribution in [3.05, 3.63) is 35.9 Å². The van der Waals surface area contributed by atoms with Crippen molar-refractivity contribution in [2.45, 2.75) is 38.4 Å². The molecule has 1 aromatic carbocycles. The highest BCUT2D eigenvalue weighted by molar-refractivity contribution is 5.78. The monoisotopic (exact) mass is 291 g/mol. The summed E-state index contributed by atoms with van der Waals surface area (Å²) in [4.78, 5) is 13.8. The smallest absolute Gasteiger partial charge is 0.248 e. The van der Waals surface area contributed by atoms with E-state index in [9.17, 15) is 4.79 Å². The molecule has 21 heavy (non-hydrogen) atoms. The fraction of sp³-hybridized carbons (Fsp3) is 0.562. The minimum Gasteiger partial charge on any atom is -0.364 e. The van der Waals surface area contributed by atoms with Crippen LogP contribution in [-0.4, -0.2) is 48.6 Å². The molecular weight excluding hydrogens is 270 g/mol. The molecule has 0 saturated carbocycles. The van der Waals surface area contributed by atoms with Crippen LogP contribution in [0.4, 0.5) is 0 Å². The van der Waals surface area contributed by atoms with Gasteiger partial charge in [0.1, 0.15) is 18.8 Å². The van der Waals surface area contributed by atoms with Gasteiger partial charge in [-0.1, -0.05) is 30.3 Å². The number of hydrogen-bond acceptors (Lipinski definition) is 4. The number of amides is 1. The van der Waals surface area contributed by atoms with E-state index in [2.05, 4.69) is 0 Å². The Balaban J connectivity index is 1.64. The summed E-state index contributed by atoms with van der Waals surface area (Å²) in [5, 5.41) is 0. The highest BCUT2D eigenvalue weighted by Crippen LogP contribution is 2.27. The third-order valence-corrected chi connectivity index (χ3v) is 3.84. The van der Waals surface area contributed by atoms with E-state index in [1.54, 1.807) is 0 Å². The van der Waals surface area contributed by atoms with Gasteiger partial charge >= 0.3 is 0 Å². The number of nitrogens with zero attached hydrogens (tertiary/aromatic N) is 1. The fourth-order valence-corrected chi connectivity index (χ4v) is 2.72. The fourth-order valence-electron chi connectivity index (χ4n) is 2.72. The minimum atomic E-state index is -0.570. The zero-order valence-electron chi connectivity index (χ0n) is 12.5. The van der Waals surface area contributed by atoms with Crippen LogP contribution in [0.1, 0.15) is 19.4 Å². The summed E-state index contributed by atoms with van der Waals surface area (Å²) in [5.41, 5.74) is 1.12. The van der Waals surface area contributed by atoms with Crippen molar-refractivity contribution < 1.29 is 19.0 Å². The lowest BCUT2D eigenvalue weighted by molar-refractivity contribution is -0.174. The van der Waals surface area contributed by atoms with Gasteiger partial charge in [-0.15, -0.1) is 0 Å². The first kappa shape index (κ1) is 14.5. The maximum Gasteiger partial charge on any atom is 0.248 e. The molecule has 5 nitrogen and oxygen atoms in total. The van der Waals surface area contributed by atoms with Crippen LogP contribution < -0.4 is 0 Å².